The van der Waals surface area contributed by atoms with Gasteiger partial charge < -0.3 is 4.90 Å². The van der Waals surface area contributed by atoms with Crippen molar-refractivity contribution in [3.05, 3.63) is 35.4 Å². The predicted octanol–water partition coefficient (Wildman–Crippen LogP) is 1.54. The van der Waals surface area contributed by atoms with E-state index in [-0.39, 0.29) is 0 Å². The summed E-state index contributed by atoms with van der Waals surface area (Å²) in [5.41, 5.74) is 1.77. The number of benzene rings is 1. The largest absolute Gasteiger partial charge is 0.338 e. The van der Waals surface area contributed by atoms with Crippen molar-refractivity contribution in [2.24, 2.45) is 11.8 Å². The summed E-state index contributed by atoms with van der Waals surface area (Å²) in [5.74, 6) is 1.28. The Bertz CT molecular complexity index is 472. The summed E-state index contributed by atoms with van der Waals surface area (Å²) in [6.45, 7) is 1.61. The van der Waals surface area contributed by atoms with Crippen LogP contribution < -0.4 is 0 Å². The Labute approximate surface area is 94.3 Å². The number of nitriles is 1. The Morgan fingerprint density at radius 2 is 2.12 bits per heavy atom. The van der Waals surface area contributed by atoms with E-state index < -0.39 is 0 Å². The quantitative estimate of drug-likeness (QED) is 0.746. The summed E-state index contributed by atoms with van der Waals surface area (Å²) in [4.78, 5) is 13.7. The lowest BCUT2D eigenvalue weighted by molar-refractivity contribution is -0.130. The van der Waals surface area contributed by atoms with E-state index in [1.165, 1.54) is 0 Å². The van der Waals surface area contributed by atoms with Crippen molar-refractivity contribution >= 4 is 5.91 Å². The average molecular weight is 212 g/mol. The Hall–Kier alpha value is -1.82. The molecule has 1 heterocycles. The number of fused-ring (bicyclic) bond motifs is 1. The van der Waals surface area contributed by atoms with E-state index in [0.29, 0.717) is 29.9 Å². The molecule has 3 heteroatoms. The van der Waals surface area contributed by atoms with Gasteiger partial charge in [0.1, 0.15) is 0 Å². The van der Waals surface area contributed by atoms with Gasteiger partial charge in [-0.2, -0.15) is 5.26 Å². The van der Waals surface area contributed by atoms with Crippen LogP contribution in [0, 0.1) is 23.2 Å². The van der Waals surface area contributed by atoms with Crippen LogP contribution in [-0.2, 0) is 11.3 Å². The first-order chi connectivity index (χ1) is 7.78. The van der Waals surface area contributed by atoms with Gasteiger partial charge in [0.05, 0.1) is 11.6 Å². The third-order valence-electron chi connectivity index (χ3n) is 3.46. The molecule has 1 saturated carbocycles. The van der Waals surface area contributed by atoms with Crippen LogP contribution in [0.2, 0.25) is 0 Å². The Morgan fingerprint density at radius 1 is 1.38 bits per heavy atom. The molecule has 1 amide bonds. The molecule has 16 heavy (non-hydrogen) atoms. The molecular weight excluding hydrogens is 200 g/mol. The van der Waals surface area contributed by atoms with Crippen LogP contribution in [0.3, 0.4) is 0 Å². The third kappa shape index (κ3) is 1.47. The van der Waals surface area contributed by atoms with Gasteiger partial charge in [0.2, 0.25) is 5.91 Å². The van der Waals surface area contributed by atoms with Crippen LogP contribution in [0.25, 0.3) is 0 Å². The summed E-state index contributed by atoms with van der Waals surface area (Å²) >= 11 is 0. The first-order valence-electron chi connectivity index (χ1n) is 5.56. The number of nitrogens with zero attached hydrogens (tertiary/aromatic N) is 2. The molecule has 1 aromatic carbocycles. The summed E-state index contributed by atoms with van der Waals surface area (Å²) in [7, 11) is 0. The molecule has 2 atom stereocenters. The van der Waals surface area contributed by atoms with Gasteiger partial charge in [-0.05, 0) is 30.0 Å². The maximum atomic E-state index is 11.7. The maximum Gasteiger partial charge on any atom is 0.226 e. The lowest BCUT2D eigenvalue weighted by Gasteiger charge is -2.17. The molecule has 3 nitrogen and oxygen atoms in total. The standard InChI is InChI=1S/C13H12N2O/c14-6-9-1-3-10(4-2-9)7-15-8-11-5-12(11)13(15)16/h1-4,11-12H,5,7-8H2. The molecule has 1 aliphatic heterocycles. The number of hydrogen-bond acceptors (Lipinski definition) is 2. The zero-order valence-electron chi connectivity index (χ0n) is 8.89. The highest BCUT2D eigenvalue weighted by Gasteiger charge is 2.51. The number of piperidine rings is 1. The van der Waals surface area contributed by atoms with Crippen molar-refractivity contribution < 1.29 is 4.79 Å². The Morgan fingerprint density at radius 3 is 2.69 bits per heavy atom. The molecule has 1 aromatic rings. The zero-order valence-corrected chi connectivity index (χ0v) is 8.89. The van der Waals surface area contributed by atoms with Crippen molar-refractivity contribution in [2.75, 3.05) is 6.54 Å². The molecule has 2 fully saturated rings. The minimum Gasteiger partial charge on any atom is -0.338 e. The van der Waals surface area contributed by atoms with E-state index in [0.717, 1.165) is 18.5 Å². The number of amides is 1. The van der Waals surface area contributed by atoms with E-state index in [9.17, 15) is 4.79 Å². The monoisotopic (exact) mass is 212 g/mol. The van der Waals surface area contributed by atoms with Crippen LogP contribution in [0.5, 0.6) is 0 Å². The van der Waals surface area contributed by atoms with Crippen LogP contribution in [0.1, 0.15) is 17.5 Å². The molecule has 1 aliphatic carbocycles. The minimum atomic E-state index is 0.314. The van der Waals surface area contributed by atoms with Crippen molar-refractivity contribution in [2.45, 2.75) is 13.0 Å². The maximum absolute atomic E-state index is 11.7. The highest BCUT2D eigenvalue weighted by molar-refractivity contribution is 5.84. The van der Waals surface area contributed by atoms with Gasteiger partial charge in [-0.25, -0.2) is 0 Å². The zero-order chi connectivity index (χ0) is 11.1. The normalized spacial score (nSPS) is 26.4. The van der Waals surface area contributed by atoms with Crippen molar-refractivity contribution in [3.8, 4) is 6.07 Å². The fraction of sp³-hybridized carbons (Fsp3) is 0.385. The minimum absolute atomic E-state index is 0.314. The van der Waals surface area contributed by atoms with Crippen molar-refractivity contribution in [1.29, 1.82) is 5.26 Å². The van der Waals surface area contributed by atoms with Gasteiger partial charge in [-0.1, -0.05) is 12.1 Å². The summed E-state index contributed by atoms with van der Waals surface area (Å²) in [6, 6.07) is 9.55. The second-order valence-corrected chi connectivity index (χ2v) is 4.63. The predicted molar refractivity (Wildman–Crippen MR) is 58.2 cm³/mol. The number of carbonyl (C=O) groups is 1. The van der Waals surface area contributed by atoms with Crippen LogP contribution in [0.4, 0.5) is 0 Å². The van der Waals surface area contributed by atoms with Gasteiger partial charge in [-0.15, -0.1) is 0 Å². The number of rotatable bonds is 2. The van der Waals surface area contributed by atoms with Gasteiger partial charge >= 0.3 is 0 Å². The summed E-state index contributed by atoms with van der Waals surface area (Å²) in [5, 5.41) is 8.68. The summed E-state index contributed by atoms with van der Waals surface area (Å²) in [6.07, 6.45) is 1.10. The van der Waals surface area contributed by atoms with Gasteiger partial charge in [0.15, 0.2) is 0 Å². The average Bonchev–Trinajstić information content (AvgIpc) is 3.01. The van der Waals surface area contributed by atoms with E-state index in [1.54, 1.807) is 12.1 Å². The molecule has 0 N–H and O–H groups in total. The fourth-order valence-electron chi connectivity index (χ4n) is 2.41. The number of hydrogen-bond donors (Lipinski definition) is 0. The van der Waals surface area contributed by atoms with Crippen molar-refractivity contribution in [3.63, 3.8) is 0 Å². The topological polar surface area (TPSA) is 44.1 Å². The molecule has 1 saturated heterocycles. The molecule has 3 rings (SSSR count). The van der Waals surface area contributed by atoms with E-state index >= 15 is 0 Å². The molecular formula is C13H12N2O. The number of likely N-dealkylation sites (tertiary alicyclic amines) is 1. The van der Waals surface area contributed by atoms with E-state index in [1.807, 2.05) is 17.0 Å². The molecule has 2 unspecified atom stereocenters. The molecule has 0 radical (unpaired) electrons. The van der Waals surface area contributed by atoms with Crippen molar-refractivity contribution in [1.82, 2.24) is 4.90 Å². The van der Waals surface area contributed by atoms with Gasteiger partial charge in [-0.3, -0.25) is 4.79 Å². The second-order valence-electron chi connectivity index (χ2n) is 4.63. The molecule has 2 aliphatic rings. The van der Waals surface area contributed by atoms with Crippen LogP contribution >= 0.6 is 0 Å². The molecule has 80 valence electrons. The Balaban J connectivity index is 1.70. The number of carbonyl (C=O) groups excluding carboxylic acids is 1. The van der Waals surface area contributed by atoms with E-state index in [4.69, 9.17) is 5.26 Å². The molecule has 0 spiro atoms. The lowest BCUT2D eigenvalue weighted by Crippen LogP contribution is -2.27. The first kappa shape index (κ1) is 9.41. The molecule has 0 bridgehead atoms. The van der Waals surface area contributed by atoms with Crippen LogP contribution in [-0.4, -0.2) is 17.4 Å². The van der Waals surface area contributed by atoms with Gasteiger partial charge in [0, 0.05) is 19.0 Å². The van der Waals surface area contributed by atoms with E-state index in [2.05, 4.69) is 6.07 Å². The highest BCUT2D eigenvalue weighted by Crippen LogP contribution is 2.46. The fourth-order valence-corrected chi connectivity index (χ4v) is 2.41. The Kier molecular flexibility index (Phi) is 1.97. The molecule has 0 aromatic heterocycles. The van der Waals surface area contributed by atoms with Gasteiger partial charge in [0.25, 0.3) is 0 Å². The first-order valence-corrected chi connectivity index (χ1v) is 5.56. The van der Waals surface area contributed by atoms with Crippen LogP contribution in [0.15, 0.2) is 24.3 Å². The lowest BCUT2D eigenvalue weighted by atomic mass is 10.1. The SMILES string of the molecule is N#Cc1ccc(CN2CC3CC3C2=O)cc1. The third-order valence-corrected chi connectivity index (χ3v) is 3.46. The second kappa shape index (κ2) is 3.34. The highest BCUT2D eigenvalue weighted by atomic mass is 16.2. The summed E-state index contributed by atoms with van der Waals surface area (Å²) < 4.78 is 0. The smallest absolute Gasteiger partial charge is 0.226 e.